The number of aromatic nitrogens is 2. The molecular formula is C28H29N3O3. The number of hydrogen-bond acceptors (Lipinski definition) is 4. The molecule has 5 rings (SSSR count). The second kappa shape index (κ2) is 9.67. The van der Waals surface area contributed by atoms with Crippen molar-refractivity contribution in [3.05, 3.63) is 90.0 Å². The topological polar surface area (TPSA) is 64.4 Å². The number of amides is 1. The zero-order chi connectivity index (χ0) is 23.5. The molecule has 2 aliphatic rings. The van der Waals surface area contributed by atoms with E-state index < -0.39 is 0 Å². The lowest BCUT2D eigenvalue weighted by molar-refractivity contribution is -0.124. The molecule has 6 nitrogen and oxygen atoms in total. The first-order valence-electron chi connectivity index (χ1n) is 11.9. The Hall–Kier alpha value is -3.67. The molecule has 34 heavy (non-hydrogen) atoms. The number of imidazole rings is 1. The van der Waals surface area contributed by atoms with Crippen LogP contribution in [0.1, 0.15) is 49.0 Å². The highest BCUT2D eigenvalue weighted by Gasteiger charge is 2.35. The van der Waals surface area contributed by atoms with Crippen LogP contribution in [0.2, 0.25) is 0 Å². The average Bonchev–Trinajstić information content (AvgIpc) is 3.46. The van der Waals surface area contributed by atoms with Crippen molar-refractivity contribution in [2.75, 3.05) is 13.1 Å². The van der Waals surface area contributed by atoms with Gasteiger partial charge in [0.05, 0.1) is 24.3 Å². The number of Topliss-reactive ketones (excluding diaryl/α,β-unsaturated/α-hetero) is 1. The number of fused-ring (bicyclic) bond motifs is 1. The Morgan fingerprint density at radius 1 is 1.00 bits per heavy atom. The molecule has 0 spiro atoms. The maximum absolute atomic E-state index is 13.4. The minimum atomic E-state index is -0.307. The van der Waals surface area contributed by atoms with Crippen LogP contribution in [0, 0.1) is 5.92 Å². The summed E-state index contributed by atoms with van der Waals surface area (Å²) in [5, 5.41) is 0. The summed E-state index contributed by atoms with van der Waals surface area (Å²) in [6.45, 7) is 3.47. The molecule has 0 bridgehead atoms. The van der Waals surface area contributed by atoms with Gasteiger partial charge in [0, 0.05) is 25.4 Å². The lowest BCUT2D eigenvalue weighted by Gasteiger charge is -2.31. The molecule has 1 saturated heterocycles. The maximum Gasteiger partial charge on any atom is 0.410 e. The highest BCUT2D eigenvalue weighted by molar-refractivity contribution is 5.96. The van der Waals surface area contributed by atoms with Crippen molar-refractivity contribution in [2.24, 2.45) is 5.92 Å². The van der Waals surface area contributed by atoms with Gasteiger partial charge in [-0.05, 0) is 42.0 Å². The van der Waals surface area contributed by atoms with Crippen molar-refractivity contribution in [1.29, 1.82) is 0 Å². The summed E-state index contributed by atoms with van der Waals surface area (Å²) < 4.78 is 7.59. The van der Waals surface area contributed by atoms with Gasteiger partial charge >= 0.3 is 6.09 Å². The minimum Gasteiger partial charge on any atom is -0.445 e. The first-order chi connectivity index (χ1) is 16.6. The molecule has 1 aromatic heterocycles. The summed E-state index contributed by atoms with van der Waals surface area (Å²) in [4.78, 5) is 31.9. The lowest BCUT2D eigenvalue weighted by atomic mass is 9.86. The second-order valence-electron chi connectivity index (χ2n) is 9.08. The van der Waals surface area contributed by atoms with Crippen LogP contribution in [-0.4, -0.2) is 39.4 Å². The van der Waals surface area contributed by atoms with E-state index in [1.165, 1.54) is 11.1 Å². The Bertz CT molecular complexity index is 1190. The Morgan fingerprint density at radius 3 is 2.38 bits per heavy atom. The summed E-state index contributed by atoms with van der Waals surface area (Å²) >= 11 is 0. The van der Waals surface area contributed by atoms with Gasteiger partial charge < -0.3 is 14.2 Å². The van der Waals surface area contributed by atoms with Crippen molar-refractivity contribution in [2.45, 2.75) is 38.8 Å². The van der Waals surface area contributed by atoms with Crippen LogP contribution in [-0.2, 0) is 16.1 Å². The van der Waals surface area contributed by atoms with Gasteiger partial charge in [0.2, 0.25) is 0 Å². The van der Waals surface area contributed by atoms with Gasteiger partial charge in [0.1, 0.15) is 12.4 Å². The van der Waals surface area contributed by atoms with E-state index >= 15 is 0 Å². The van der Waals surface area contributed by atoms with Gasteiger partial charge in [-0.3, -0.25) is 4.79 Å². The molecule has 1 atom stereocenters. The van der Waals surface area contributed by atoms with Gasteiger partial charge in [-0.2, -0.15) is 0 Å². The van der Waals surface area contributed by atoms with Crippen molar-refractivity contribution in [3.8, 4) is 0 Å². The van der Waals surface area contributed by atoms with E-state index in [0.29, 0.717) is 32.4 Å². The van der Waals surface area contributed by atoms with E-state index in [0.717, 1.165) is 16.8 Å². The van der Waals surface area contributed by atoms with Crippen LogP contribution < -0.4 is 0 Å². The Morgan fingerprint density at radius 2 is 1.68 bits per heavy atom. The summed E-state index contributed by atoms with van der Waals surface area (Å²) in [5.74, 6) is 0.216. The van der Waals surface area contributed by atoms with Gasteiger partial charge in [0.15, 0.2) is 0 Å². The largest absolute Gasteiger partial charge is 0.445 e. The minimum absolute atomic E-state index is 0.0388. The molecule has 0 radical (unpaired) electrons. The third kappa shape index (κ3) is 4.40. The quantitative estimate of drug-likeness (QED) is 0.501. The fourth-order valence-electron chi connectivity index (χ4n) is 5.15. The molecule has 2 aromatic carbocycles. The van der Waals surface area contributed by atoms with Gasteiger partial charge in [-0.15, -0.1) is 0 Å². The van der Waals surface area contributed by atoms with E-state index in [-0.39, 0.29) is 30.4 Å². The van der Waals surface area contributed by atoms with Crippen LogP contribution in [0.5, 0.6) is 0 Å². The standard InChI is InChI=1S/C28H29N3O3/c1-20-25-17-29-19-31(25)24(27(20)23-10-6-3-7-11-23)16-26(32)22-12-14-30(15-13-22)28(33)34-18-21-8-4-2-5-9-21/h2-11,17,19,22,24H,12-16,18H2,1H3. The Balaban J connectivity index is 1.20. The SMILES string of the molecule is CC1=C(c2ccccc2)C(CC(=O)C2CCN(C(=O)OCc3ccccc3)CC2)n2cncc21. The molecule has 3 heterocycles. The van der Waals surface area contributed by atoms with Crippen molar-refractivity contribution >= 4 is 23.0 Å². The van der Waals surface area contributed by atoms with E-state index in [1.807, 2.05) is 61.1 Å². The van der Waals surface area contributed by atoms with Crippen LogP contribution in [0.15, 0.2) is 73.2 Å². The van der Waals surface area contributed by atoms with E-state index in [4.69, 9.17) is 4.74 Å². The van der Waals surface area contributed by atoms with Crippen LogP contribution in [0.3, 0.4) is 0 Å². The van der Waals surface area contributed by atoms with Gasteiger partial charge in [-0.1, -0.05) is 60.7 Å². The highest BCUT2D eigenvalue weighted by atomic mass is 16.6. The summed E-state index contributed by atoms with van der Waals surface area (Å²) in [6.07, 6.45) is 5.19. The normalized spacial score (nSPS) is 18.1. The molecule has 3 aromatic rings. The predicted molar refractivity (Wildman–Crippen MR) is 131 cm³/mol. The monoisotopic (exact) mass is 455 g/mol. The highest BCUT2D eigenvalue weighted by Crippen LogP contribution is 2.44. The predicted octanol–water partition coefficient (Wildman–Crippen LogP) is 5.38. The van der Waals surface area contributed by atoms with Crippen molar-refractivity contribution in [1.82, 2.24) is 14.5 Å². The van der Waals surface area contributed by atoms with Crippen molar-refractivity contribution < 1.29 is 14.3 Å². The van der Waals surface area contributed by atoms with Gasteiger partial charge in [-0.25, -0.2) is 9.78 Å². The number of piperidine rings is 1. The summed E-state index contributed by atoms with van der Waals surface area (Å²) in [6, 6.07) is 19.9. The fraction of sp³-hybridized carbons (Fsp3) is 0.321. The summed E-state index contributed by atoms with van der Waals surface area (Å²) in [5.41, 5.74) is 5.57. The Kier molecular flexibility index (Phi) is 6.30. The number of likely N-dealkylation sites (tertiary alicyclic amines) is 1. The zero-order valence-corrected chi connectivity index (χ0v) is 19.4. The molecule has 174 valence electrons. The molecule has 0 N–H and O–H groups in total. The number of nitrogens with zero attached hydrogens (tertiary/aromatic N) is 3. The smallest absolute Gasteiger partial charge is 0.410 e. The molecule has 0 aliphatic carbocycles. The van der Waals surface area contributed by atoms with E-state index in [2.05, 4.69) is 28.6 Å². The van der Waals surface area contributed by atoms with Crippen molar-refractivity contribution in [3.63, 3.8) is 0 Å². The number of benzene rings is 2. The second-order valence-corrected chi connectivity index (χ2v) is 9.08. The van der Waals surface area contributed by atoms with Crippen LogP contribution in [0.25, 0.3) is 11.1 Å². The maximum atomic E-state index is 13.4. The summed E-state index contributed by atoms with van der Waals surface area (Å²) in [7, 11) is 0. The number of hydrogen-bond donors (Lipinski definition) is 0. The molecule has 1 amide bonds. The van der Waals surface area contributed by atoms with Crippen LogP contribution in [0.4, 0.5) is 4.79 Å². The number of carbonyl (C=O) groups excluding carboxylic acids is 2. The Labute approximate surface area is 199 Å². The van der Waals surface area contributed by atoms with Gasteiger partial charge in [0.25, 0.3) is 0 Å². The van der Waals surface area contributed by atoms with Crippen LogP contribution >= 0.6 is 0 Å². The molecule has 1 fully saturated rings. The number of rotatable bonds is 6. The molecule has 6 heteroatoms. The lowest BCUT2D eigenvalue weighted by Crippen LogP contribution is -2.40. The zero-order valence-electron chi connectivity index (χ0n) is 19.4. The van der Waals surface area contributed by atoms with E-state index in [1.54, 1.807) is 4.90 Å². The molecule has 0 saturated carbocycles. The number of ketones is 1. The number of carbonyl (C=O) groups is 2. The first kappa shape index (κ1) is 22.1. The fourth-order valence-corrected chi connectivity index (χ4v) is 5.15. The van der Waals surface area contributed by atoms with E-state index in [9.17, 15) is 9.59 Å². The third-order valence-corrected chi connectivity index (χ3v) is 7.02. The molecular weight excluding hydrogens is 426 g/mol. The number of ether oxygens (including phenoxy) is 1. The number of allylic oxidation sites excluding steroid dienone is 2. The molecule has 1 unspecified atom stereocenters. The third-order valence-electron chi connectivity index (χ3n) is 7.02. The average molecular weight is 456 g/mol. The molecule has 2 aliphatic heterocycles. The first-order valence-corrected chi connectivity index (χ1v) is 11.9.